The zero-order chi connectivity index (χ0) is 40.0. The normalized spacial score (nSPS) is 25.9. The van der Waals surface area contributed by atoms with E-state index in [1.165, 1.54) is 11.8 Å². The van der Waals surface area contributed by atoms with Gasteiger partial charge in [0.2, 0.25) is 0 Å². The summed E-state index contributed by atoms with van der Waals surface area (Å²) < 4.78 is 49.1. The number of carbonyl (C=O) groups excluding carboxylic acids is 3. The van der Waals surface area contributed by atoms with E-state index in [-0.39, 0.29) is 27.8 Å². The molecule has 1 saturated heterocycles. The number of ether oxygens (including phenoxy) is 4. The van der Waals surface area contributed by atoms with Gasteiger partial charge in [0, 0.05) is 17.1 Å². The first-order valence-electron chi connectivity index (χ1n) is 18.5. The summed E-state index contributed by atoms with van der Waals surface area (Å²) >= 11 is -0.230. The monoisotopic (exact) mass is 807 g/mol. The van der Waals surface area contributed by atoms with E-state index in [1.807, 2.05) is 32.9 Å². The molecule has 3 aromatic rings. The largest absolute Gasteiger partial charge is 0.598 e. The summed E-state index contributed by atoms with van der Waals surface area (Å²) in [6, 6.07) is 24.6. The van der Waals surface area contributed by atoms with Crippen LogP contribution in [0.2, 0.25) is 18.1 Å². The molecule has 6 unspecified atom stereocenters. The quantitative estimate of drug-likeness (QED) is 0.0705. The second-order valence-electron chi connectivity index (χ2n) is 16.2. The van der Waals surface area contributed by atoms with Crippen molar-refractivity contribution in [2.75, 3.05) is 5.75 Å². The van der Waals surface area contributed by atoms with Crippen LogP contribution in [0, 0.1) is 0 Å². The lowest BCUT2D eigenvalue weighted by atomic mass is 9.92. The fourth-order valence-electron chi connectivity index (χ4n) is 5.80. The zero-order valence-corrected chi connectivity index (χ0v) is 35.4. The molecule has 0 aromatic heterocycles. The fourth-order valence-corrected chi connectivity index (χ4v) is 9.22. The van der Waals surface area contributed by atoms with E-state index >= 15 is 0 Å². The van der Waals surface area contributed by atoms with Crippen molar-refractivity contribution in [2.45, 2.75) is 113 Å². The fraction of sp³-hybridized carbons (Fsp3) is 0.452. The molecule has 1 fully saturated rings. The molecule has 2 aliphatic heterocycles. The van der Waals surface area contributed by atoms with Gasteiger partial charge in [-0.3, -0.25) is 0 Å². The van der Waals surface area contributed by atoms with Gasteiger partial charge in [-0.05, 0) is 81.7 Å². The SMILES string of the molecule is CC(C)(C)[S@@+]([O-])N[C@@H]1C/C=C/C(O[Si](C)(C)C(C)(C)C)CSC2OC1C(OC(=O)c1ccccc1)C(OC(=O)c1ccccc1)C2OC(=O)c1ccccc1. The molecule has 13 heteroatoms. The highest BCUT2D eigenvalue weighted by Gasteiger charge is 2.56. The predicted octanol–water partition coefficient (Wildman–Crippen LogP) is 7.89. The minimum absolute atomic E-state index is 0.0682. The van der Waals surface area contributed by atoms with E-state index in [9.17, 15) is 18.9 Å². The molecule has 2 bridgehead atoms. The Balaban J connectivity index is 1.65. The van der Waals surface area contributed by atoms with Crippen molar-refractivity contribution in [3.05, 3.63) is 120 Å². The van der Waals surface area contributed by atoms with Gasteiger partial charge in [-0.25, -0.2) is 14.4 Å². The van der Waals surface area contributed by atoms with Gasteiger partial charge in [-0.2, -0.15) is 0 Å². The molecule has 3 aromatic carbocycles. The van der Waals surface area contributed by atoms with E-state index in [0.717, 1.165) is 0 Å². The molecule has 0 amide bonds. The number of esters is 3. The van der Waals surface area contributed by atoms with Gasteiger partial charge in [0.25, 0.3) is 0 Å². The van der Waals surface area contributed by atoms with E-state index in [0.29, 0.717) is 12.2 Å². The number of carbonyl (C=O) groups is 3. The highest BCUT2D eigenvalue weighted by atomic mass is 32.2. The number of nitrogens with one attached hydrogen (secondary N) is 1. The Labute approximate surface area is 333 Å². The van der Waals surface area contributed by atoms with Gasteiger partial charge in [0.1, 0.15) is 16.3 Å². The molecule has 2 heterocycles. The standard InChI is InChI=1S/C42H53NO9S2Si/c1-41(2,3)54(47)43-32-26-18-25-31(52-55(7,8)42(4,5)6)27-53-40-36(50-39(46)30-23-16-11-17-24-30)35(49-38(45)29-21-14-10-15-22-29)34(33(32)51-40)48-37(44)28-19-12-9-13-20-28/h9-25,31-36,40,43H,26-27H2,1-8H3/b25-18+/t31?,32-,33?,34?,35?,36?,40?,54-/m1/s1. The summed E-state index contributed by atoms with van der Waals surface area (Å²) in [7, 11) is -2.26. The van der Waals surface area contributed by atoms with E-state index < -0.39 is 78.2 Å². The average Bonchev–Trinajstić information content (AvgIpc) is 3.14. The van der Waals surface area contributed by atoms with Crippen LogP contribution in [0.5, 0.6) is 0 Å². The van der Waals surface area contributed by atoms with Crippen LogP contribution in [-0.2, 0) is 34.7 Å². The van der Waals surface area contributed by atoms with Crippen LogP contribution in [0.25, 0.3) is 0 Å². The van der Waals surface area contributed by atoms with Crippen LogP contribution in [-0.4, -0.2) is 83.3 Å². The number of hydrogen-bond acceptors (Lipinski definition) is 11. The maximum absolute atomic E-state index is 14.0. The lowest BCUT2D eigenvalue weighted by molar-refractivity contribution is -0.205. The van der Waals surface area contributed by atoms with Crippen LogP contribution in [0.1, 0.15) is 79.0 Å². The number of rotatable bonds is 10. The number of hydrogen-bond donors (Lipinski definition) is 1. The second kappa shape index (κ2) is 18.2. The third-order valence-electron chi connectivity index (χ3n) is 9.92. The first kappa shape index (κ1) is 42.7. The van der Waals surface area contributed by atoms with Crippen molar-refractivity contribution in [3.63, 3.8) is 0 Å². The van der Waals surface area contributed by atoms with Gasteiger partial charge in [-0.1, -0.05) is 87.5 Å². The maximum Gasteiger partial charge on any atom is 0.338 e. The topological polar surface area (TPSA) is 132 Å². The van der Waals surface area contributed by atoms with Crippen molar-refractivity contribution < 1.29 is 42.3 Å². The van der Waals surface area contributed by atoms with E-state index in [4.69, 9.17) is 23.4 Å². The Morgan fingerprint density at radius 3 is 1.65 bits per heavy atom. The molecule has 0 spiro atoms. The summed E-state index contributed by atoms with van der Waals surface area (Å²) in [5, 5.41) is -0.0682. The molecule has 8 atom stereocenters. The summed E-state index contributed by atoms with van der Waals surface area (Å²) in [4.78, 5) is 41.7. The van der Waals surface area contributed by atoms with Gasteiger partial charge < -0.3 is 27.9 Å². The van der Waals surface area contributed by atoms with Crippen LogP contribution < -0.4 is 4.72 Å². The first-order chi connectivity index (χ1) is 25.9. The molecule has 0 radical (unpaired) electrons. The molecular weight excluding hydrogens is 755 g/mol. The van der Waals surface area contributed by atoms with Gasteiger partial charge in [-0.15, -0.1) is 16.5 Å². The lowest BCUT2D eigenvalue weighted by Gasteiger charge is -2.47. The molecule has 296 valence electrons. The molecule has 2 aliphatic rings. The first-order valence-corrected chi connectivity index (χ1v) is 23.6. The Hall–Kier alpha value is -3.43. The lowest BCUT2D eigenvalue weighted by Crippen LogP contribution is -2.66. The van der Waals surface area contributed by atoms with Gasteiger partial charge >= 0.3 is 17.9 Å². The predicted molar refractivity (Wildman–Crippen MR) is 219 cm³/mol. The van der Waals surface area contributed by atoms with Crippen molar-refractivity contribution in [1.82, 2.24) is 4.72 Å². The Morgan fingerprint density at radius 2 is 1.20 bits per heavy atom. The van der Waals surface area contributed by atoms with Crippen molar-refractivity contribution in [3.8, 4) is 0 Å². The van der Waals surface area contributed by atoms with Crippen LogP contribution >= 0.6 is 11.8 Å². The number of fused-ring (bicyclic) bond motifs is 2. The van der Waals surface area contributed by atoms with Crippen molar-refractivity contribution >= 4 is 49.3 Å². The van der Waals surface area contributed by atoms with Gasteiger partial charge in [0.15, 0.2) is 26.6 Å². The third-order valence-corrected chi connectivity index (χ3v) is 17.3. The molecule has 55 heavy (non-hydrogen) atoms. The Morgan fingerprint density at radius 1 is 0.745 bits per heavy atom. The molecule has 0 aliphatic carbocycles. The third kappa shape index (κ3) is 11.1. The van der Waals surface area contributed by atoms with Crippen LogP contribution in [0.15, 0.2) is 103 Å². The second-order valence-corrected chi connectivity index (χ2v) is 24.1. The summed E-state index contributed by atoms with van der Waals surface area (Å²) in [5.41, 5.74) is -0.130. The smallest absolute Gasteiger partial charge is 0.338 e. The highest BCUT2D eigenvalue weighted by molar-refractivity contribution is 7.99. The molecule has 1 N–H and O–H groups in total. The number of thioether (sulfide) groups is 1. The zero-order valence-electron chi connectivity index (χ0n) is 32.8. The van der Waals surface area contributed by atoms with Gasteiger partial charge in [0.05, 0.1) is 28.8 Å². The number of benzene rings is 3. The van der Waals surface area contributed by atoms with Crippen LogP contribution in [0.4, 0.5) is 0 Å². The van der Waals surface area contributed by atoms with Crippen molar-refractivity contribution in [1.29, 1.82) is 0 Å². The molecular formula is C42H53NO9S2Si. The Bertz CT molecular complexity index is 1770. The summed E-state index contributed by atoms with van der Waals surface area (Å²) in [5.74, 6) is -1.65. The minimum Gasteiger partial charge on any atom is -0.598 e. The van der Waals surface area contributed by atoms with E-state index in [2.05, 4.69) is 38.6 Å². The maximum atomic E-state index is 14.0. The average molecular weight is 808 g/mol. The highest BCUT2D eigenvalue weighted by Crippen LogP contribution is 2.41. The molecule has 5 rings (SSSR count). The minimum atomic E-state index is -2.26. The summed E-state index contributed by atoms with van der Waals surface area (Å²) in [6.07, 6.45) is -0.973. The molecule has 0 saturated carbocycles. The van der Waals surface area contributed by atoms with Crippen LogP contribution in [0.3, 0.4) is 0 Å². The summed E-state index contributed by atoms with van der Waals surface area (Å²) in [6.45, 7) is 16.5. The molecule has 10 nitrogen and oxygen atoms in total. The van der Waals surface area contributed by atoms with E-state index in [1.54, 1.807) is 91.0 Å². The van der Waals surface area contributed by atoms with Crippen molar-refractivity contribution in [2.24, 2.45) is 0 Å². The Kier molecular flexibility index (Phi) is 14.1.